The van der Waals surface area contributed by atoms with E-state index in [0.717, 1.165) is 17.7 Å². The molecular weight excluding hydrogens is 318 g/mol. The highest BCUT2D eigenvalue weighted by molar-refractivity contribution is 9.10. The second kappa shape index (κ2) is 6.07. The van der Waals surface area contributed by atoms with Gasteiger partial charge in [0.15, 0.2) is 4.67 Å². The third kappa shape index (κ3) is 3.15. The van der Waals surface area contributed by atoms with Crippen molar-refractivity contribution < 1.29 is 9.21 Å². The minimum atomic E-state index is -0.208. The van der Waals surface area contributed by atoms with Gasteiger partial charge in [0.05, 0.1) is 11.8 Å². The highest BCUT2D eigenvalue weighted by Gasteiger charge is 2.12. The molecule has 0 aliphatic carbocycles. The Morgan fingerprint density at radius 3 is 2.56 bits per heavy atom. The third-order valence-electron chi connectivity index (χ3n) is 2.46. The molecule has 1 amide bonds. The summed E-state index contributed by atoms with van der Waals surface area (Å²) < 4.78 is 5.44. The Balaban J connectivity index is 2.05. The Labute approximate surface area is 118 Å². The van der Waals surface area contributed by atoms with Crippen LogP contribution in [0.2, 0.25) is 0 Å². The van der Waals surface area contributed by atoms with Crippen molar-refractivity contribution in [2.75, 3.05) is 11.2 Å². The number of halogens is 2. The van der Waals surface area contributed by atoms with E-state index in [1.165, 1.54) is 6.26 Å². The zero-order valence-corrected chi connectivity index (χ0v) is 11.8. The lowest BCUT2D eigenvalue weighted by atomic mass is 10.1. The van der Waals surface area contributed by atoms with Crippen LogP contribution in [-0.4, -0.2) is 11.8 Å². The predicted octanol–water partition coefficient (Wildman–Crippen LogP) is 4.08. The fraction of sp³-hybridized carbons (Fsp3) is 0.154. The van der Waals surface area contributed by atoms with Crippen molar-refractivity contribution in [1.82, 2.24) is 0 Å². The standard InChI is InChI=1S/C13H11BrClNO2/c14-12-11(6-8-18-12)13(17)16-10-3-1-9(2-4-10)5-7-15/h1-4,6,8H,5,7H2,(H,16,17). The summed E-state index contributed by atoms with van der Waals surface area (Å²) in [6, 6.07) is 9.22. The average molecular weight is 329 g/mol. The summed E-state index contributed by atoms with van der Waals surface area (Å²) in [7, 11) is 0. The molecule has 2 rings (SSSR count). The molecule has 5 heteroatoms. The SMILES string of the molecule is O=C(Nc1ccc(CCCl)cc1)c1ccoc1Br. The van der Waals surface area contributed by atoms with Gasteiger partial charge in [-0.05, 0) is 46.1 Å². The van der Waals surface area contributed by atoms with Crippen LogP contribution in [0.25, 0.3) is 0 Å². The van der Waals surface area contributed by atoms with Gasteiger partial charge in [-0.25, -0.2) is 0 Å². The van der Waals surface area contributed by atoms with Crippen molar-refractivity contribution in [1.29, 1.82) is 0 Å². The number of benzene rings is 1. The summed E-state index contributed by atoms with van der Waals surface area (Å²) in [6.45, 7) is 0. The number of nitrogens with one attached hydrogen (secondary N) is 1. The molecule has 0 aliphatic heterocycles. The Bertz CT molecular complexity index is 536. The van der Waals surface area contributed by atoms with Gasteiger partial charge in [0.1, 0.15) is 0 Å². The molecule has 0 atom stereocenters. The molecule has 18 heavy (non-hydrogen) atoms. The summed E-state index contributed by atoms with van der Waals surface area (Å²) in [4.78, 5) is 11.9. The van der Waals surface area contributed by atoms with Crippen molar-refractivity contribution in [3.05, 3.63) is 52.4 Å². The van der Waals surface area contributed by atoms with Crippen molar-refractivity contribution in [3.63, 3.8) is 0 Å². The Hall–Kier alpha value is -1.26. The molecule has 0 saturated carbocycles. The zero-order valence-electron chi connectivity index (χ0n) is 9.45. The largest absolute Gasteiger partial charge is 0.457 e. The van der Waals surface area contributed by atoms with Gasteiger partial charge in [-0.1, -0.05) is 12.1 Å². The minimum Gasteiger partial charge on any atom is -0.457 e. The summed E-state index contributed by atoms with van der Waals surface area (Å²) in [5.41, 5.74) is 2.36. The topological polar surface area (TPSA) is 42.2 Å². The lowest BCUT2D eigenvalue weighted by molar-refractivity contribution is 0.102. The van der Waals surface area contributed by atoms with Gasteiger partial charge < -0.3 is 9.73 Å². The van der Waals surface area contributed by atoms with E-state index in [2.05, 4.69) is 21.2 Å². The lowest BCUT2D eigenvalue weighted by Gasteiger charge is -2.05. The molecule has 1 aromatic carbocycles. The number of furan rings is 1. The van der Waals surface area contributed by atoms with Gasteiger partial charge in [-0.15, -0.1) is 11.6 Å². The Morgan fingerprint density at radius 2 is 2.00 bits per heavy atom. The third-order valence-corrected chi connectivity index (χ3v) is 3.26. The van der Waals surface area contributed by atoms with Crippen LogP contribution in [-0.2, 0) is 6.42 Å². The van der Waals surface area contributed by atoms with E-state index in [-0.39, 0.29) is 5.91 Å². The number of hydrogen-bond donors (Lipinski definition) is 1. The second-order valence-corrected chi connectivity index (χ2v) is 4.80. The molecule has 3 nitrogen and oxygen atoms in total. The number of aryl methyl sites for hydroxylation is 1. The Morgan fingerprint density at radius 1 is 1.28 bits per heavy atom. The molecular formula is C13H11BrClNO2. The van der Waals surface area contributed by atoms with Gasteiger partial charge in [0.2, 0.25) is 0 Å². The first-order valence-electron chi connectivity index (χ1n) is 5.40. The van der Waals surface area contributed by atoms with Crippen molar-refractivity contribution in [2.24, 2.45) is 0 Å². The fourth-order valence-corrected chi connectivity index (χ4v) is 2.16. The Kier molecular flexibility index (Phi) is 4.44. The lowest BCUT2D eigenvalue weighted by Crippen LogP contribution is -2.11. The van der Waals surface area contributed by atoms with Crippen LogP contribution in [0.3, 0.4) is 0 Å². The molecule has 1 N–H and O–H groups in total. The van der Waals surface area contributed by atoms with Gasteiger partial charge >= 0.3 is 0 Å². The van der Waals surface area contributed by atoms with E-state index in [1.54, 1.807) is 6.07 Å². The molecule has 0 fully saturated rings. The number of carbonyl (C=O) groups is 1. The molecule has 0 bridgehead atoms. The van der Waals surface area contributed by atoms with E-state index in [9.17, 15) is 4.79 Å². The smallest absolute Gasteiger partial charge is 0.260 e. The van der Waals surface area contributed by atoms with Crippen molar-refractivity contribution in [3.8, 4) is 0 Å². The summed E-state index contributed by atoms with van der Waals surface area (Å²) in [6.07, 6.45) is 2.28. The first-order chi connectivity index (χ1) is 8.70. The second-order valence-electron chi connectivity index (χ2n) is 3.70. The maximum Gasteiger partial charge on any atom is 0.260 e. The van der Waals surface area contributed by atoms with E-state index in [1.807, 2.05) is 24.3 Å². The van der Waals surface area contributed by atoms with Crippen LogP contribution in [0, 0.1) is 0 Å². The van der Waals surface area contributed by atoms with E-state index in [4.69, 9.17) is 16.0 Å². The quantitative estimate of drug-likeness (QED) is 0.859. The number of alkyl halides is 1. The maximum atomic E-state index is 11.9. The average Bonchev–Trinajstić information content (AvgIpc) is 2.78. The molecule has 0 unspecified atom stereocenters. The van der Waals surface area contributed by atoms with Crippen LogP contribution < -0.4 is 5.32 Å². The van der Waals surface area contributed by atoms with Crippen molar-refractivity contribution in [2.45, 2.75) is 6.42 Å². The van der Waals surface area contributed by atoms with Crippen molar-refractivity contribution >= 4 is 39.1 Å². The maximum absolute atomic E-state index is 11.9. The van der Waals surface area contributed by atoms with Crippen LogP contribution >= 0.6 is 27.5 Å². The molecule has 1 heterocycles. The highest BCUT2D eigenvalue weighted by atomic mass is 79.9. The van der Waals surface area contributed by atoms with E-state index < -0.39 is 0 Å². The number of hydrogen-bond acceptors (Lipinski definition) is 2. The minimum absolute atomic E-state index is 0.208. The normalized spacial score (nSPS) is 10.3. The summed E-state index contributed by atoms with van der Waals surface area (Å²) in [5, 5.41) is 2.79. The summed E-state index contributed by atoms with van der Waals surface area (Å²) >= 11 is 8.83. The van der Waals surface area contributed by atoms with E-state index in [0.29, 0.717) is 16.1 Å². The van der Waals surface area contributed by atoms with E-state index >= 15 is 0 Å². The van der Waals surface area contributed by atoms with Crippen LogP contribution in [0.5, 0.6) is 0 Å². The number of carbonyl (C=O) groups excluding carboxylic acids is 1. The first-order valence-corrected chi connectivity index (χ1v) is 6.72. The van der Waals surface area contributed by atoms with Crippen LogP contribution in [0.4, 0.5) is 5.69 Å². The highest BCUT2D eigenvalue weighted by Crippen LogP contribution is 2.19. The monoisotopic (exact) mass is 327 g/mol. The van der Waals surface area contributed by atoms with Crippen LogP contribution in [0.15, 0.2) is 45.7 Å². The number of rotatable bonds is 4. The van der Waals surface area contributed by atoms with Gasteiger partial charge in [0, 0.05) is 11.6 Å². The molecule has 0 saturated heterocycles. The molecule has 94 valence electrons. The summed E-state index contributed by atoms with van der Waals surface area (Å²) in [5.74, 6) is 0.383. The number of anilines is 1. The molecule has 2 aromatic rings. The predicted molar refractivity (Wildman–Crippen MR) is 75.2 cm³/mol. The molecule has 0 aliphatic rings. The molecule has 1 aromatic heterocycles. The number of amides is 1. The molecule has 0 spiro atoms. The first kappa shape index (κ1) is 13.2. The fourth-order valence-electron chi connectivity index (χ4n) is 1.52. The van der Waals surface area contributed by atoms with Crippen LogP contribution in [0.1, 0.15) is 15.9 Å². The van der Waals surface area contributed by atoms with Gasteiger partial charge in [-0.2, -0.15) is 0 Å². The van der Waals surface area contributed by atoms with Gasteiger partial charge in [-0.3, -0.25) is 4.79 Å². The van der Waals surface area contributed by atoms with Gasteiger partial charge in [0.25, 0.3) is 5.91 Å². The zero-order chi connectivity index (χ0) is 13.0. The molecule has 0 radical (unpaired) electrons.